The highest BCUT2D eigenvalue weighted by Gasteiger charge is 2.49. The Labute approximate surface area is 79.7 Å². The minimum Gasteiger partial charge on any atom is -0.377 e. The van der Waals surface area contributed by atoms with E-state index < -0.39 is 0 Å². The summed E-state index contributed by atoms with van der Waals surface area (Å²) in [5.41, 5.74) is 0. The number of unbranched alkanes of at least 4 members (excludes halogenated alkanes) is 1. The highest BCUT2D eigenvalue weighted by molar-refractivity contribution is 5.88. The molecule has 0 amide bonds. The van der Waals surface area contributed by atoms with Gasteiger partial charge in [0.1, 0.15) is 5.78 Å². The SMILES string of the molecule is CCCCO[C@H]1CC(=O)[C@@H]1C1CC1. The van der Waals surface area contributed by atoms with Gasteiger partial charge in [-0.2, -0.15) is 0 Å². The molecular formula is C11H18O2. The number of hydrogen-bond acceptors (Lipinski definition) is 2. The fourth-order valence-electron chi connectivity index (χ4n) is 2.07. The van der Waals surface area contributed by atoms with Gasteiger partial charge in [0.15, 0.2) is 0 Å². The second kappa shape index (κ2) is 3.79. The molecule has 2 fully saturated rings. The summed E-state index contributed by atoms with van der Waals surface area (Å²) < 4.78 is 5.68. The van der Waals surface area contributed by atoms with Crippen LogP contribution in [0.2, 0.25) is 0 Å². The molecule has 0 radical (unpaired) electrons. The van der Waals surface area contributed by atoms with Crippen molar-refractivity contribution in [1.29, 1.82) is 0 Å². The van der Waals surface area contributed by atoms with E-state index in [9.17, 15) is 4.79 Å². The van der Waals surface area contributed by atoms with Gasteiger partial charge in [0.2, 0.25) is 0 Å². The van der Waals surface area contributed by atoms with E-state index in [4.69, 9.17) is 4.74 Å². The van der Waals surface area contributed by atoms with Crippen LogP contribution < -0.4 is 0 Å². The first-order chi connectivity index (χ1) is 6.33. The molecule has 2 rings (SSSR count). The zero-order chi connectivity index (χ0) is 9.26. The third kappa shape index (κ3) is 1.93. The van der Waals surface area contributed by atoms with Crippen LogP contribution in [0.15, 0.2) is 0 Å². The summed E-state index contributed by atoms with van der Waals surface area (Å²) in [5.74, 6) is 1.42. The van der Waals surface area contributed by atoms with E-state index >= 15 is 0 Å². The molecule has 2 nitrogen and oxygen atoms in total. The lowest BCUT2D eigenvalue weighted by atomic mass is 9.77. The van der Waals surface area contributed by atoms with Crippen molar-refractivity contribution >= 4 is 5.78 Å². The number of rotatable bonds is 5. The Balaban J connectivity index is 1.71. The largest absolute Gasteiger partial charge is 0.377 e. The number of hydrogen-bond donors (Lipinski definition) is 0. The molecule has 0 unspecified atom stereocenters. The molecule has 2 aliphatic carbocycles. The van der Waals surface area contributed by atoms with E-state index in [0.29, 0.717) is 18.1 Å². The third-order valence-electron chi connectivity index (χ3n) is 3.13. The van der Waals surface area contributed by atoms with Crippen LogP contribution in [-0.2, 0) is 9.53 Å². The van der Waals surface area contributed by atoms with Crippen molar-refractivity contribution in [3.63, 3.8) is 0 Å². The zero-order valence-electron chi connectivity index (χ0n) is 8.29. The van der Waals surface area contributed by atoms with Crippen molar-refractivity contribution in [2.45, 2.75) is 45.1 Å². The zero-order valence-corrected chi connectivity index (χ0v) is 8.29. The molecule has 13 heavy (non-hydrogen) atoms. The normalized spacial score (nSPS) is 33.2. The summed E-state index contributed by atoms with van der Waals surface area (Å²) in [4.78, 5) is 11.3. The lowest BCUT2D eigenvalue weighted by Crippen LogP contribution is -2.45. The van der Waals surface area contributed by atoms with Crippen molar-refractivity contribution in [1.82, 2.24) is 0 Å². The Kier molecular flexibility index (Phi) is 2.68. The molecule has 0 spiro atoms. The van der Waals surface area contributed by atoms with Crippen molar-refractivity contribution in [2.24, 2.45) is 11.8 Å². The maximum absolute atomic E-state index is 11.3. The molecule has 0 aliphatic heterocycles. The topological polar surface area (TPSA) is 26.3 Å². The summed E-state index contributed by atoms with van der Waals surface area (Å²) in [6, 6.07) is 0. The van der Waals surface area contributed by atoms with Crippen LogP contribution in [0.3, 0.4) is 0 Å². The smallest absolute Gasteiger partial charge is 0.141 e. The van der Waals surface area contributed by atoms with Crippen molar-refractivity contribution in [2.75, 3.05) is 6.61 Å². The molecule has 0 heterocycles. The van der Waals surface area contributed by atoms with Gasteiger partial charge in [0.25, 0.3) is 0 Å². The first kappa shape index (κ1) is 9.20. The summed E-state index contributed by atoms with van der Waals surface area (Å²) in [7, 11) is 0. The Morgan fingerprint density at radius 1 is 1.46 bits per heavy atom. The molecule has 0 N–H and O–H groups in total. The van der Waals surface area contributed by atoms with Crippen LogP contribution in [-0.4, -0.2) is 18.5 Å². The fourth-order valence-corrected chi connectivity index (χ4v) is 2.07. The van der Waals surface area contributed by atoms with Gasteiger partial charge in [-0.1, -0.05) is 13.3 Å². The average Bonchev–Trinajstić information content (AvgIpc) is 2.87. The number of ketones is 1. The van der Waals surface area contributed by atoms with E-state index in [2.05, 4.69) is 6.92 Å². The van der Waals surface area contributed by atoms with Gasteiger partial charge in [0.05, 0.1) is 6.10 Å². The first-order valence-corrected chi connectivity index (χ1v) is 5.47. The summed E-state index contributed by atoms with van der Waals surface area (Å²) in [6.45, 7) is 3.01. The molecule has 2 heteroatoms. The monoisotopic (exact) mass is 182 g/mol. The number of Topliss-reactive ketones (excluding diaryl/α,β-unsaturated/α-hetero) is 1. The molecule has 0 aromatic carbocycles. The quantitative estimate of drug-likeness (QED) is 0.609. The van der Waals surface area contributed by atoms with Crippen molar-refractivity contribution in [3.05, 3.63) is 0 Å². The maximum atomic E-state index is 11.3. The third-order valence-corrected chi connectivity index (χ3v) is 3.13. The van der Waals surface area contributed by atoms with E-state index in [1.54, 1.807) is 0 Å². The molecule has 0 bridgehead atoms. The van der Waals surface area contributed by atoms with E-state index in [-0.39, 0.29) is 12.0 Å². The molecule has 2 aliphatic rings. The van der Waals surface area contributed by atoms with E-state index in [1.807, 2.05) is 0 Å². The van der Waals surface area contributed by atoms with Gasteiger partial charge in [-0.25, -0.2) is 0 Å². The highest BCUT2D eigenvalue weighted by atomic mass is 16.5. The number of carbonyl (C=O) groups excluding carboxylic acids is 1. The van der Waals surface area contributed by atoms with Gasteiger partial charge in [-0.15, -0.1) is 0 Å². The number of carbonyl (C=O) groups is 1. The summed E-state index contributed by atoms with van der Waals surface area (Å²) in [6.07, 6.45) is 5.78. The van der Waals surface area contributed by atoms with Crippen molar-refractivity contribution in [3.8, 4) is 0 Å². The Morgan fingerprint density at radius 2 is 2.23 bits per heavy atom. The van der Waals surface area contributed by atoms with Crippen LogP contribution in [0.25, 0.3) is 0 Å². The Bertz CT molecular complexity index is 196. The second-order valence-corrected chi connectivity index (χ2v) is 4.30. The minimum atomic E-state index is 0.284. The van der Waals surface area contributed by atoms with Crippen LogP contribution in [0, 0.1) is 11.8 Å². The van der Waals surface area contributed by atoms with Crippen LogP contribution in [0.1, 0.15) is 39.0 Å². The molecule has 2 atom stereocenters. The Hall–Kier alpha value is -0.370. The molecular weight excluding hydrogens is 164 g/mol. The lowest BCUT2D eigenvalue weighted by molar-refractivity contribution is -0.147. The Morgan fingerprint density at radius 3 is 2.77 bits per heavy atom. The number of ether oxygens (including phenoxy) is 1. The molecule has 0 aromatic rings. The van der Waals surface area contributed by atoms with E-state index in [1.165, 1.54) is 19.3 Å². The van der Waals surface area contributed by atoms with Gasteiger partial charge in [-0.05, 0) is 25.2 Å². The predicted octanol–water partition coefficient (Wildman–Crippen LogP) is 2.17. The summed E-state index contributed by atoms with van der Waals surface area (Å²) in [5, 5.41) is 0. The van der Waals surface area contributed by atoms with E-state index in [0.717, 1.165) is 13.0 Å². The molecule has 0 aromatic heterocycles. The van der Waals surface area contributed by atoms with Gasteiger partial charge in [0, 0.05) is 18.9 Å². The average molecular weight is 182 g/mol. The summed E-state index contributed by atoms with van der Waals surface area (Å²) >= 11 is 0. The first-order valence-electron chi connectivity index (χ1n) is 5.47. The van der Waals surface area contributed by atoms with Crippen molar-refractivity contribution < 1.29 is 9.53 Å². The van der Waals surface area contributed by atoms with Gasteiger partial charge >= 0.3 is 0 Å². The van der Waals surface area contributed by atoms with Gasteiger partial charge < -0.3 is 4.74 Å². The van der Waals surface area contributed by atoms with Crippen LogP contribution in [0.5, 0.6) is 0 Å². The van der Waals surface area contributed by atoms with Crippen LogP contribution >= 0.6 is 0 Å². The standard InChI is InChI=1S/C11H18O2/c1-2-3-6-13-10-7-9(12)11(10)8-4-5-8/h8,10-11H,2-7H2,1H3/t10-,11-/m0/s1. The fraction of sp³-hybridized carbons (Fsp3) is 0.909. The molecule has 2 saturated carbocycles. The second-order valence-electron chi connectivity index (χ2n) is 4.30. The minimum absolute atomic E-state index is 0.284. The lowest BCUT2D eigenvalue weighted by Gasteiger charge is -2.34. The van der Waals surface area contributed by atoms with Crippen LogP contribution in [0.4, 0.5) is 0 Å². The molecule has 74 valence electrons. The maximum Gasteiger partial charge on any atom is 0.141 e. The predicted molar refractivity (Wildman–Crippen MR) is 50.5 cm³/mol. The highest BCUT2D eigenvalue weighted by Crippen LogP contribution is 2.46. The molecule has 0 saturated heterocycles. The van der Waals surface area contributed by atoms with Gasteiger partial charge in [-0.3, -0.25) is 4.79 Å².